The topological polar surface area (TPSA) is 86.7 Å². The van der Waals surface area contributed by atoms with Crippen LogP contribution in [0.5, 0.6) is 0 Å². The summed E-state index contributed by atoms with van der Waals surface area (Å²) in [6.45, 7) is 3.76. The number of aliphatic carboxylic acids is 1. The highest BCUT2D eigenvalue weighted by molar-refractivity contribution is 7.17. The van der Waals surface area contributed by atoms with Crippen molar-refractivity contribution in [1.29, 1.82) is 0 Å². The summed E-state index contributed by atoms with van der Waals surface area (Å²) in [5.41, 5.74) is 1.81. The first kappa shape index (κ1) is 22.3. The van der Waals surface area contributed by atoms with E-state index in [9.17, 15) is 19.5 Å². The average molecular weight is 447 g/mol. The molecule has 2 N–H and O–H groups in total. The average Bonchev–Trinajstić information content (AvgIpc) is 3.15. The predicted octanol–water partition coefficient (Wildman–Crippen LogP) is 4.72. The van der Waals surface area contributed by atoms with Crippen LogP contribution in [0.1, 0.15) is 85.5 Å². The Balaban J connectivity index is 1.63. The summed E-state index contributed by atoms with van der Waals surface area (Å²) in [5.74, 6) is -1.60. The summed E-state index contributed by atoms with van der Waals surface area (Å²) in [6, 6.07) is 0. The van der Waals surface area contributed by atoms with Crippen molar-refractivity contribution < 1.29 is 19.5 Å². The lowest BCUT2D eigenvalue weighted by Gasteiger charge is -2.29. The molecular weight excluding hydrogens is 412 g/mol. The molecular formula is C24H34N2O4S. The zero-order chi connectivity index (χ0) is 22.0. The summed E-state index contributed by atoms with van der Waals surface area (Å²) >= 11 is 1.55. The molecule has 7 heteroatoms. The number of carbonyl (C=O) groups is 3. The molecule has 1 aromatic rings. The van der Waals surface area contributed by atoms with Crippen LogP contribution in [0.15, 0.2) is 0 Å². The van der Waals surface area contributed by atoms with Gasteiger partial charge in [-0.25, -0.2) is 0 Å². The third-order valence-corrected chi connectivity index (χ3v) is 8.63. The molecule has 0 bridgehead atoms. The Morgan fingerprint density at radius 1 is 1.03 bits per heavy atom. The molecule has 3 aliphatic rings. The quantitative estimate of drug-likeness (QED) is 0.685. The summed E-state index contributed by atoms with van der Waals surface area (Å²) in [4.78, 5) is 41.6. The van der Waals surface area contributed by atoms with E-state index in [0.717, 1.165) is 76.4 Å². The highest BCUT2D eigenvalue weighted by Crippen LogP contribution is 2.42. The lowest BCUT2D eigenvalue weighted by atomic mass is 9.78. The molecule has 1 saturated heterocycles. The Labute approximate surface area is 188 Å². The Morgan fingerprint density at radius 2 is 1.74 bits per heavy atom. The number of hydrogen-bond donors (Lipinski definition) is 2. The number of nitrogens with zero attached hydrogens (tertiary/aromatic N) is 1. The number of rotatable bonds is 5. The number of carboxylic acids is 1. The number of piperidine rings is 1. The molecule has 3 atom stereocenters. The zero-order valence-electron chi connectivity index (χ0n) is 18.5. The van der Waals surface area contributed by atoms with Crippen molar-refractivity contribution in [2.75, 3.05) is 18.4 Å². The predicted molar refractivity (Wildman–Crippen MR) is 122 cm³/mol. The van der Waals surface area contributed by atoms with Gasteiger partial charge in [-0.3, -0.25) is 14.4 Å². The molecule has 0 radical (unpaired) electrons. The van der Waals surface area contributed by atoms with E-state index in [1.807, 2.05) is 4.90 Å². The maximum atomic E-state index is 13.5. The fourth-order valence-corrected chi connectivity index (χ4v) is 6.87. The minimum absolute atomic E-state index is 0.0425. The van der Waals surface area contributed by atoms with E-state index >= 15 is 0 Å². The van der Waals surface area contributed by atoms with Gasteiger partial charge in [0.25, 0.3) is 5.91 Å². The van der Waals surface area contributed by atoms with E-state index < -0.39 is 17.8 Å². The standard InChI is InChI=1S/C24H34N2O4S/c1-2-15-10-11-18-19(14-15)31-22(20(18)23(28)26-12-6-3-7-13-26)25-21(27)16-8-4-5-9-17(16)24(29)30/h15-17H,2-14H2,1H3,(H,25,27)(H,29,30)/t15-,16+,17+/m1/s1. The van der Waals surface area contributed by atoms with Crippen LogP contribution < -0.4 is 5.32 Å². The van der Waals surface area contributed by atoms with Crippen LogP contribution >= 0.6 is 11.3 Å². The Bertz CT molecular complexity index is 843. The van der Waals surface area contributed by atoms with Gasteiger partial charge in [0.15, 0.2) is 0 Å². The highest BCUT2D eigenvalue weighted by atomic mass is 32.1. The normalized spacial score (nSPS) is 26.2. The number of likely N-dealkylation sites (tertiary alicyclic amines) is 1. The van der Waals surface area contributed by atoms with Gasteiger partial charge in [0.1, 0.15) is 5.00 Å². The second-order valence-corrected chi connectivity index (χ2v) is 10.5. The number of thiophene rings is 1. The molecule has 6 nitrogen and oxygen atoms in total. The summed E-state index contributed by atoms with van der Waals surface area (Å²) in [6.07, 6.45) is 10.1. The van der Waals surface area contributed by atoms with Crippen LogP contribution in [0.3, 0.4) is 0 Å². The number of anilines is 1. The number of carbonyl (C=O) groups excluding carboxylic acids is 2. The molecule has 2 amide bonds. The highest BCUT2D eigenvalue weighted by Gasteiger charge is 2.37. The number of fused-ring (bicyclic) bond motifs is 1. The van der Waals surface area contributed by atoms with Gasteiger partial charge in [0.05, 0.1) is 17.4 Å². The van der Waals surface area contributed by atoms with E-state index in [4.69, 9.17) is 0 Å². The second kappa shape index (κ2) is 9.72. The molecule has 1 aromatic heterocycles. The lowest BCUT2D eigenvalue weighted by Crippen LogP contribution is -2.38. The molecule has 2 fully saturated rings. The van der Waals surface area contributed by atoms with Crippen molar-refractivity contribution in [2.45, 2.75) is 77.6 Å². The van der Waals surface area contributed by atoms with Crippen LogP contribution in [0.4, 0.5) is 5.00 Å². The van der Waals surface area contributed by atoms with Crippen molar-refractivity contribution >= 4 is 34.1 Å². The smallest absolute Gasteiger partial charge is 0.307 e. The SMILES string of the molecule is CC[C@@H]1CCc2c(sc(NC(=O)[C@H]3CCCC[C@@H]3C(=O)O)c2C(=O)N2CCCCC2)C1. The fraction of sp³-hybridized carbons (Fsp3) is 0.708. The third kappa shape index (κ3) is 4.66. The monoisotopic (exact) mass is 446 g/mol. The van der Waals surface area contributed by atoms with Crippen molar-refractivity contribution in [3.63, 3.8) is 0 Å². The minimum atomic E-state index is -0.888. The van der Waals surface area contributed by atoms with Gasteiger partial charge in [-0.15, -0.1) is 11.3 Å². The van der Waals surface area contributed by atoms with E-state index in [1.54, 1.807) is 11.3 Å². The van der Waals surface area contributed by atoms with Gasteiger partial charge in [-0.05, 0) is 62.8 Å². The van der Waals surface area contributed by atoms with Gasteiger partial charge in [-0.1, -0.05) is 26.2 Å². The number of amides is 2. The first-order valence-corrected chi connectivity index (χ1v) is 12.8. The van der Waals surface area contributed by atoms with Gasteiger partial charge in [0, 0.05) is 18.0 Å². The van der Waals surface area contributed by atoms with Gasteiger partial charge in [-0.2, -0.15) is 0 Å². The molecule has 170 valence electrons. The van der Waals surface area contributed by atoms with Crippen LogP contribution in [0.25, 0.3) is 0 Å². The van der Waals surface area contributed by atoms with Crippen LogP contribution in [-0.4, -0.2) is 40.9 Å². The number of hydrogen-bond acceptors (Lipinski definition) is 4. The molecule has 2 aliphatic carbocycles. The third-order valence-electron chi connectivity index (χ3n) is 7.46. The van der Waals surface area contributed by atoms with E-state index in [1.165, 1.54) is 4.88 Å². The first-order chi connectivity index (χ1) is 15.0. The Hall–Kier alpha value is -1.89. The van der Waals surface area contributed by atoms with Crippen LogP contribution in [0, 0.1) is 17.8 Å². The summed E-state index contributed by atoms with van der Waals surface area (Å²) in [7, 11) is 0. The molecule has 1 aliphatic heterocycles. The van der Waals surface area contributed by atoms with Gasteiger partial charge < -0.3 is 15.3 Å². The largest absolute Gasteiger partial charge is 0.481 e. The van der Waals surface area contributed by atoms with Crippen molar-refractivity contribution in [2.24, 2.45) is 17.8 Å². The van der Waals surface area contributed by atoms with E-state index in [0.29, 0.717) is 29.3 Å². The maximum absolute atomic E-state index is 13.5. The number of carboxylic acid groups (broad SMARTS) is 1. The minimum Gasteiger partial charge on any atom is -0.481 e. The van der Waals surface area contributed by atoms with Gasteiger partial charge >= 0.3 is 5.97 Å². The molecule has 0 unspecified atom stereocenters. The van der Waals surface area contributed by atoms with E-state index in [2.05, 4.69) is 12.2 Å². The summed E-state index contributed by atoms with van der Waals surface area (Å²) < 4.78 is 0. The van der Waals surface area contributed by atoms with Crippen molar-refractivity contribution in [3.05, 3.63) is 16.0 Å². The molecule has 0 aromatic carbocycles. The summed E-state index contributed by atoms with van der Waals surface area (Å²) in [5, 5.41) is 13.3. The molecule has 2 heterocycles. The fourth-order valence-electron chi connectivity index (χ4n) is 5.52. The van der Waals surface area contributed by atoms with Gasteiger partial charge in [0.2, 0.25) is 5.91 Å². The molecule has 0 spiro atoms. The van der Waals surface area contributed by atoms with Crippen LogP contribution in [0.2, 0.25) is 0 Å². The van der Waals surface area contributed by atoms with Crippen LogP contribution in [-0.2, 0) is 22.4 Å². The lowest BCUT2D eigenvalue weighted by molar-refractivity contribution is -0.147. The zero-order valence-corrected chi connectivity index (χ0v) is 19.3. The second-order valence-electron chi connectivity index (χ2n) is 9.40. The molecule has 1 saturated carbocycles. The van der Waals surface area contributed by atoms with E-state index in [-0.39, 0.29) is 11.8 Å². The molecule has 4 rings (SSSR count). The molecule has 31 heavy (non-hydrogen) atoms. The maximum Gasteiger partial charge on any atom is 0.307 e. The van der Waals surface area contributed by atoms with Crippen molar-refractivity contribution in [1.82, 2.24) is 4.90 Å². The Morgan fingerprint density at radius 3 is 2.42 bits per heavy atom. The number of nitrogens with one attached hydrogen (secondary N) is 1. The Kier molecular flexibility index (Phi) is 6.99. The first-order valence-electron chi connectivity index (χ1n) is 12.0. The van der Waals surface area contributed by atoms with Crippen molar-refractivity contribution in [3.8, 4) is 0 Å².